The second-order valence-corrected chi connectivity index (χ2v) is 10.2. The molecule has 0 saturated carbocycles. The van der Waals surface area contributed by atoms with Crippen molar-refractivity contribution in [3.63, 3.8) is 0 Å². The van der Waals surface area contributed by atoms with Gasteiger partial charge in [-0.2, -0.15) is 0 Å². The number of benzene rings is 3. The third kappa shape index (κ3) is 4.92. The summed E-state index contributed by atoms with van der Waals surface area (Å²) in [6.45, 7) is 6.85. The molecule has 1 aromatic heterocycles. The van der Waals surface area contributed by atoms with Gasteiger partial charge in [-0.3, -0.25) is 4.79 Å². The van der Waals surface area contributed by atoms with Gasteiger partial charge in [-0.25, -0.2) is 9.97 Å². The first-order valence-corrected chi connectivity index (χ1v) is 13.4. The van der Waals surface area contributed by atoms with E-state index in [0.29, 0.717) is 25.1 Å². The van der Waals surface area contributed by atoms with Crippen LogP contribution in [0.1, 0.15) is 35.5 Å². The molecular formula is C32H32N4O2. The Hall–Kier alpha value is -4.03. The third-order valence-electron chi connectivity index (χ3n) is 7.32. The van der Waals surface area contributed by atoms with Crippen LogP contribution in [0.2, 0.25) is 0 Å². The lowest BCUT2D eigenvalue weighted by Gasteiger charge is -2.39. The van der Waals surface area contributed by atoms with Crippen LogP contribution < -0.4 is 4.90 Å². The lowest BCUT2D eigenvalue weighted by atomic mass is 10.0. The molecular weight excluding hydrogens is 472 g/mol. The average molecular weight is 505 g/mol. The Labute approximate surface area is 223 Å². The molecule has 192 valence electrons. The summed E-state index contributed by atoms with van der Waals surface area (Å²) in [5.41, 5.74) is 6.03. The monoisotopic (exact) mass is 504 g/mol. The van der Waals surface area contributed by atoms with E-state index in [2.05, 4.69) is 30.9 Å². The quantitative estimate of drug-likeness (QED) is 0.361. The fourth-order valence-electron chi connectivity index (χ4n) is 5.52. The number of aromatic nitrogens is 2. The number of nitrogens with zero attached hydrogens (tertiary/aromatic N) is 4. The topological polar surface area (TPSA) is 58.6 Å². The Kier molecular flexibility index (Phi) is 6.64. The number of morpholine rings is 1. The van der Waals surface area contributed by atoms with Gasteiger partial charge in [-0.05, 0) is 37.1 Å². The van der Waals surface area contributed by atoms with E-state index >= 15 is 0 Å². The van der Waals surface area contributed by atoms with Gasteiger partial charge in [0, 0.05) is 42.7 Å². The molecule has 4 aromatic rings. The molecule has 38 heavy (non-hydrogen) atoms. The van der Waals surface area contributed by atoms with Gasteiger partial charge in [0.1, 0.15) is 5.82 Å². The highest BCUT2D eigenvalue weighted by molar-refractivity contribution is 5.95. The molecule has 0 N–H and O–H groups in total. The van der Waals surface area contributed by atoms with Crippen LogP contribution in [0, 0.1) is 0 Å². The molecule has 0 bridgehead atoms. The highest BCUT2D eigenvalue weighted by atomic mass is 16.5. The zero-order valence-corrected chi connectivity index (χ0v) is 21.9. The van der Waals surface area contributed by atoms with Crippen LogP contribution in [0.4, 0.5) is 5.82 Å². The van der Waals surface area contributed by atoms with Crippen molar-refractivity contribution >= 4 is 11.7 Å². The predicted octanol–water partition coefficient (Wildman–Crippen LogP) is 5.62. The molecule has 3 heterocycles. The largest absolute Gasteiger partial charge is 0.372 e. The van der Waals surface area contributed by atoms with Crippen LogP contribution >= 0.6 is 0 Å². The van der Waals surface area contributed by atoms with E-state index < -0.39 is 0 Å². The van der Waals surface area contributed by atoms with Gasteiger partial charge in [-0.1, -0.05) is 72.8 Å². The van der Waals surface area contributed by atoms with E-state index in [0.717, 1.165) is 52.7 Å². The molecule has 1 fully saturated rings. The van der Waals surface area contributed by atoms with Crippen LogP contribution in [0.15, 0.2) is 84.9 Å². The molecule has 2 atom stereocenters. The van der Waals surface area contributed by atoms with E-state index in [-0.39, 0.29) is 18.1 Å². The molecule has 2 aliphatic rings. The van der Waals surface area contributed by atoms with Gasteiger partial charge < -0.3 is 14.5 Å². The molecule has 2 unspecified atom stereocenters. The number of hydrogen-bond donors (Lipinski definition) is 0. The number of fused-ring (bicyclic) bond motifs is 1. The van der Waals surface area contributed by atoms with Crippen molar-refractivity contribution in [3.8, 4) is 22.5 Å². The molecule has 6 nitrogen and oxygen atoms in total. The van der Waals surface area contributed by atoms with Crippen LogP contribution in [0.5, 0.6) is 0 Å². The first-order valence-electron chi connectivity index (χ1n) is 13.4. The standard InChI is InChI=1S/C32H32N4O2/c1-22-19-36(20-23(2)38-22)31-28-21-35(18-17-29(28)33-30(34-31)26-11-7-4-8-12-26)32(37)27-15-13-25(14-16-27)24-9-5-3-6-10-24/h3-16,22-23H,17-21H2,1-2H3. The van der Waals surface area contributed by atoms with E-state index in [1.165, 1.54) is 0 Å². The van der Waals surface area contributed by atoms with Crippen molar-refractivity contribution in [2.75, 3.05) is 24.5 Å². The lowest BCUT2D eigenvalue weighted by Crippen LogP contribution is -2.47. The normalized spacial score (nSPS) is 19.2. The Balaban J connectivity index is 1.31. The van der Waals surface area contributed by atoms with Crippen molar-refractivity contribution in [1.29, 1.82) is 0 Å². The van der Waals surface area contributed by atoms with E-state index in [1.54, 1.807) is 0 Å². The summed E-state index contributed by atoms with van der Waals surface area (Å²) in [6.07, 6.45) is 0.913. The maximum atomic E-state index is 13.6. The SMILES string of the molecule is CC1CN(c2nc(-c3ccccc3)nc3c2CN(C(=O)c2ccc(-c4ccccc4)cc2)CC3)CC(C)O1. The van der Waals surface area contributed by atoms with Crippen LogP contribution in [-0.4, -0.2) is 52.6 Å². The van der Waals surface area contributed by atoms with Crippen molar-refractivity contribution in [2.24, 2.45) is 0 Å². The molecule has 1 saturated heterocycles. The molecule has 0 spiro atoms. The lowest BCUT2D eigenvalue weighted by molar-refractivity contribution is -0.00558. The molecule has 2 aliphatic heterocycles. The number of carbonyl (C=O) groups is 1. The fraction of sp³-hybridized carbons (Fsp3) is 0.281. The van der Waals surface area contributed by atoms with E-state index in [1.807, 2.05) is 77.7 Å². The Morgan fingerprint density at radius 2 is 1.39 bits per heavy atom. The van der Waals surface area contributed by atoms with E-state index in [9.17, 15) is 4.79 Å². The summed E-state index contributed by atoms with van der Waals surface area (Å²) >= 11 is 0. The number of rotatable bonds is 4. The van der Waals surface area contributed by atoms with Crippen molar-refractivity contribution in [3.05, 3.63) is 102 Å². The first kappa shape index (κ1) is 24.3. The number of hydrogen-bond acceptors (Lipinski definition) is 5. The van der Waals surface area contributed by atoms with Gasteiger partial charge in [-0.15, -0.1) is 0 Å². The second-order valence-electron chi connectivity index (χ2n) is 10.2. The van der Waals surface area contributed by atoms with Crippen LogP contribution in [0.3, 0.4) is 0 Å². The summed E-state index contributed by atoms with van der Waals surface area (Å²) in [7, 11) is 0. The molecule has 6 rings (SSSR count). The molecule has 3 aromatic carbocycles. The average Bonchev–Trinajstić information content (AvgIpc) is 2.96. The summed E-state index contributed by atoms with van der Waals surface area (Å²) in [5, 5.41) is 0. The van der Waals surface area contributed by atoms with Gasteiger partial charge in [0.05, 0.1) is 24.4 Å². The first-order chi connectivity index (χ1) is 18.5. The highest BCUT2D eigenvalue weighted by Gasteiger charge is 2.31. The number of amides is 1. The predicted molar refractivity (Wildman–Crippen MR) is 150 cm³/mol. The van der Waals surface area contributed by atoms with Gasteiger partial charge >= 0.3 is 0 Å². The minimum absolute atomic E-state index is 0.0389. The third-order valence-corrected chi connectivity index (χ3v) is 7.32. The van der Waals surface area contributed by atoms with Crippen LogP contribution in [-0.2, 0) is 17.7 Å². The van der Waals surface area contributed by atoms with Gasteiger partial charge in [0.15, 0.2) is 5.82 Å². The Morgan fingerprint density at radius 3 is 2.05 bits per heavy atom. The second kappa shape index (κ2) is 10.4. The summed E-state index contributed by atoms with van der Waals surface area (Å²) in [5.74, 6) is 1.70. The summed E-state index contributed by atoms with van der Waals surface area (Å²) < 4.78 is 6.01. The fourth-order valence-corrected chi connectivity index (χ4v) is 5.52. The zero-order chi connectivity index (χ0) is 26.1. The van der Waals surface area contributed by atoms with Crippen molar-refractivity contribution in [1.82, 2.24) is 14.9 Å². The van der Waals surface area contributed by atoms with Crippen molar-refractivity contribution in [2.45, 2.75) is 39.0 Å². The number of anilines is 1. The Bertz CT molecular complexity index is 1410. The van der Waals surface area contributed by atoms with Crippen molar-refractivity contribution < 1.29 is 9.53 Å². The Morgan fingerprint density at radius 1 is 0.789 bits per heavy atom. The maximum absolute atomic E-state index is 13.6. The van der Waals surface area contributed by atoms with E-state index in [4.69, 9.17) is 14.7 Å². The minimum atomic E-state index is 0.0389. The number of ether oxygens (including phenoxy) is 1. The number of carbonyl (C=O) groups excluding carboxylic acids is 1. The molecule has 1 amide bonds. The molecule has 6 heteroatoms. The van der Waals surface area contributed by atoms with Crippen LogP contribution in [0.25, 0.3) is 22.5 Å². The summed E-state index contributed by atoms with van der Waals surface area (Å²) in [6, 6.07) is 28.3. The van der Waals surface area contributed by atoms with Gasteiger partial charge in [0.25, 0.3) is 5.91 Å². The minimum Gasteiger partial charge on any atom is -0.372 e. The zero-order valence-electron chi connectivity index (χ0n) is 21.9. The smallest absolute Gasteiger partial charge is 0.254 e. The highest BCUT2D eigenvalue weighted by Crippen LogP contribution is 2.32. The molecule has 0 aliphatic carbocycles. The van der Waals surface area contributed by atoms with Gasteiger partial charge in [0.2, 0.25) is 0 Å². The molecule has 0 radical (unpaired) electrons. The maximum Gasteiger partial charge on any atom is 0.254 e. The summed E-state index contributed by atoms with van der Waals surface area (Å²) in [4.78, 5) is 27.9.